The summed E-state index contributed by atoms with van der Waals surface area (Å²) in [5.74, 6) is 0.236. The Morgan fingerprint density at radius 1 is 1.64 bits per heavy atom. The minimum atomic E-state index is -0.167. The van der Waals surface area contributed by atoms with Gasteiger partial charge in [-0.3, -0.25) is 0 Å². The number of Topliss-reactive ketones (excluding diaryl/α,β-unsaturated/α-hetero) is 1. The quantitative estimate of drug-likeness (QED) is 0.637. The van der Waals surface area contributed by atoms with Crippen molar-refractivity contribution in [3.05, 3.63) is 12.7 Å². The molecule has 2 heteroatoms. The van der Waals surface area contributed by atoms with E-state index in [0.29, 0.717) is 6.42 Å². The molecule has 0 unspecified atom stereocenters. The van der Waals surface area contributed by atoms with Crippen LogP contribution in [0.5, 0.6) is 0 Å². The summed E-state index contributed by atoms with van der Waals surface area (Å²) in [4.78, 5) is 10.2. The van der Waals surface area contributed by atoms with Crippen LogP contribution < -0.4 is 0 Å². The van der Waals surface area contributed by atoms with Crippen LogP contribution in [0.3, 0.4) is 0 Å². The number of ketones is 1. The van der Waals surface area contributed by atoms with Gasteiger partial charge in [-0.2, -0.15) is 0 Å². The lowest BCUT2D eigenvalue weighted by molar-refractivity contribution is -0.116. The van der Waals surface area contributed by atoms with E-state index in [1.54, 1.807) is 26.8 Å². The lowest BCUT2D eigenvalue weighted by atomic mass is 10.2. The zero-order valence-corrected chi connectivity index (χ0v) is 7.63. The first kappa shape index (κ1) is 13.0. The fourth-order valence-corrected chi connectivity index (χ4v) is 0.305. The minimum Gasteiger partial charge on any atom is -0.394 e. The van der Waals surface area contributed by atoms with Crippen LogP contribution in [0.4, 0.5) is 0 Å². The zero-order valence-electron chi connectivity index (χ0n) is 7.63. The molecule has 0 spiro atoms. The summed E-state index contributed by atoms with van der Waals surface area (Å²) in [6.07, 6.45) is 3.04. The molecular formula is C9H18O2. The summed E-state index contributed by atoms with van der Waals surface area (Å²) in [6, 6.07) is 0. The molecule has 0 aliphatic rings. The normalized spacial score (nSPS) is 8.45. The van der Waals surface area contributed by atoms with Gasteiger partial charge < -0.3 is 9.90 Å². The van der Waals surface area contributed by atoms with E-state index in [1.165, 1.54) is 0 Å². The molecule has 0 aromatic heterocycles. The van der Waals surface area contributed by atoms with Gasteiger partial charge in [0.15, 0.2) is 0 Å². The Hall–Kier alpha value is -0.630. The van der Waals surface area contributed by atoms with Crippen LogP contribution >= 0.6 is 0 Å². The number of rotatable bonds is 3. The Labute approximate surface area is 68.9 Å². The predicted molar refractivity (Wildman–Crippen MR) is 47.5 cm³/mol. The van der Waals surface area contributed by atoms with Crippen LogP contribution in [0.1, 0.15) is 33.6 Å². The fraction of sp³-hybridized carbons (Fsp3) is 0.667. The third-order valence-corrected chi connectivity index (χ3v) is 0.701. The third-order valence-electron chi connectivity index (χ3n) is 0.701. The number of carbonyl (C=O) groups excluding carboxylic acids is 1. The fourth-order valence-electron chi connectivity index (χ4n) is 0.305. The largest absolute Gasteiger partial charge is 0.394 e. The summed E-state index contributed by atoms with van der Waals surface area (Å²) >= 11 is 0. The highest BCUT2D eigenvalue weighted by Gasteiger charge is 1.85. The lowest BCUT2D eigenvalue weighted by Crippen LogP contribution is -1.85. The average Bonchev–Trinajstić information content (AvgIpc) is 1.82. The zero-order chi connectivity index (χ0) is 9.28. The van der Waals surface area contributed by atoms with Crippen LogP contribution in [0.25, 0.3) is 0 Å². The van der Waals surface area contributed by atoms with Crippen molar-refractivity contribution in [1.82, 2.24) is 0 Å². The van der Waals surface area contributed by atoms with Gasteiger partial charge in [0.05, 0.1) is 0 Å². The second-order valence-corrected chi connectivity index (χ2v) is 2.62. The van der Waals surface area contributed by atoms with Gasteiger partial charge in [0.25, 0.3) is 0 Å². The predicted octanol–water partition coefficient (Wildman–Crippen LogP) is 1.93. The van der Waals surface area contributed by atoms with E-state index in [1.807, 2.05) is 0 Å². The second kappa shape index (κ2) is 9.37. The van der Waals surface area contributed by atoms with Crippen molar-refractivity contribution in [2.75, 3.05) is 0 Å². The van der Waals surface area contributed by atoms with E-state index in [4.69, 9.17) is 5.11 Å². The lowest BCUT2D eigenvalue weighted by Gasteiger charge is -1.82. The van der Waals surface area contributed by atoms with E-state index in [2.05, 4.69) is 6.58 Å². The molecule has 0 bridgehead atoms. The number of aliphatic hydroxyl groups excluding tert-OH is 1. The first-order valence-electron chi connectivity index (χ1n) is 3.79. The number of hydrogen-bond acceptors (Lipinski definition) is 2. The Bertz CT molecular complexity index is 103. The SMILES string of the molecule is C=CCCC(C)=O.CC(C)O. The van der Waals surface area contributed by atoms with Gasteiger partial charge in [-0.25, -0.2) is 0 Å². The van der Waals surface area contributed by atoms with Crippen LogP contribution in [0, 0.1) is 0 Å². The molecule has 0 aromatic carbocycles. The number of aliphatic hydroxyl groups is 1. The van der Waals surface area contributed by atoms with E-state index in [-0.39, 0.29) is 11.9 Å². The van der Waals surface area contributed by atoms with Crippen LogP contribution in [-0.2, 0) is 4.79 Å². The van der Waals surface area contributed by atoms with Gasteiger partial charge in [-0.05, 0) is 27.2 Å². The van der Waals surface area contributed by atoms with Gasteiger partial charge in [0, 0.05) is 12.5 Å². The van der Waals surface area contributed by atoms with Crippen molar-refractivity contribution in [3.8, 4) is 0 Å². The topological polar surface area (TPSA) is 37.3 Å². The molecule has 0 radical (unpaired) electrons. The summed E-state index contributed by atoms with van der Waals surface area (Å²) in [7, 11) is 0. The number of hydrogen-bond donors (Lipinski definition) is 1. The summed E-state index contributed by atoms with van der Waals surface area (Å²) in [5.41, 5.74) is 0. The molecule has 0 aliphatic carbocycles. The molecular weight excluding hydrogens is 140 g/mol. The Morgan fingerprint density at radius 3 is 2.09 bits per heavy atom. The molecule has 2 nitrogen and oxygen atoms in total. The first-order valence-corrected chi connectivity index (χ1v) is 3.79. The van der Waals surface area contributed by atoms with Crippen molar-refractivity contribution in [3.63, 3.8) is 0 Å². The van der Waals surface area contributed by atoms with Gasteiger partial charge in [-0.15, -0.1) is 6.58 Å². The highest BCUT2D eigenvalue weighted by Crippen LogP contribution is 1.88. The van der Waals surface area contributed by atoms with Crippen molar-refractivity contribution < 1.29 is 9.90 Å². The van der Waals surface area contributed by atoms with E-state index in [9.17, 15) is 4.79 Å². The molecule has 0 aromatic rings. The van der Waals surface area contributed by atoms with Gasteiger partial charge >= 0.3 is 0 Å². The Balaban J connectivity index is 0. The molecule has 0 heterocycles. The maximum atomic E-state index is 10.2. The molecule has 66 valence electrons. The molecule has 0 saturated heterocycles. The molecule has 0 rings (SSSR count). The molecule has 0 aliphatic heterocycles. The smallest absolute Gasteiger partial charge is 0.130 e. The van der Waals surface area contributed by atoms with E-state index >= 15 is 0 Å². The molecule has 0 fully saturated rings. The molecule has 11 heavy (non-hydrogen) atoms. The van der Waals surface area contributed by atoms with E-state index in [0.717, 1.165) is 6.42 Å². The van der Waals surface area contributed by atoms with Crippen molar-refractivity contribution in [2.24, 2.45) is 0 Å². The van der Waals surface area contributed by atoms with Crippen molar-refractivity contribution >= 4 is 5.78 Å². The van der Waals surface area contributed by atoms with Gasteiger partial charge in [0.2, 0.25) is 0 Å². The van der Waals surface area contributed by atoms with Gasteiger partial charge in [-0.1, -0.05) is 6.08 Å². The minimum absolute atomic E-state index is 0.167. The standard InChI is InChI=1S/C6H10O.C3H8O/c1-3-4-5-6(2)7;1-3(2)4/h3H,1,4-5H2,2H3;3-4H,1-2H3. The Morgan fingerprint density at radius 2 is 2.00 bits per heavy atom. The molecule has 0 saturated carbocycles. The highest BCUT2D eigenvalue weighted by atomic mass is 16.3. The summed E-state index contributed by atoms with van der Waals surface area (Å²) in [5, 5.41) is 8.06. The van der Waals surface area contributed by atoms with E-state index < -0.39 is 0 Å². The summed E-state index contributed by atoms with van der Waals surface area (Å²) in [6.45, 7) is 8.51. The average molecular weight is 158 g/mol. The highest BCUT2D eigenvalue weighted by molar-refractivity contribution is 5.75. The van der Waals surface area contributed by atoms with Crippen LogP contribution in [-0.4, -0.2) is 17.0 Å². The number of allylic oxidation sites excluding steroid dienone is 1. The van der Waals surface area contributed by atoms with Crippen LogP contribution in [0.15, 0.2) is 12.7 Å². The van der Waals surface area contributed by atoms with Crippen LogP contribution in [0.2, 0.25) is 0 Å². The van der Waals surface area contributed by atoms with Crippen molar-refractivity contribution in [2.45, 2.75) is 39.7 Å². The first-order chi connectivity index (χ1) is 5.00. The Kier molecular flexibility index (Phi) is 11.1. The molecule has 0 atom stereocenters. The maximum absolute atomic E-state index is 10.2. The number of carbonyl (C=O) groups is 1. The van der Waals surface area contributed by atoms with Crippen molar-refractivity contribution in [1.29, 1.82) is 0 Å². The second-order valence-electron chi connectivity index (χ2n) is 2.62. The van der Waals surface area contributed by atoms with Gasteiger partial charge in [0.1, 0.15) is 5.78 Å². The molecule has 1 N–H and O–H groups in total. The maximum Gasteiger partial charge on any atom is 0.130 e. The molecule has 0 amide bonds. The monoisotopic (exact) mass is 158 g/mol. The third kappa shape index (κ3) is 44.8. The summed E-state index contributed by atoms with van der Waals surface area (Å²) < 4.78 is 0.